The van der Waals surface area contributed by atoms with Gasteiger partial charge in [0.25, 0.3) is 0 Å². The van der Waals surface area contributed by atoms with Crippen LogP contribution in [0.4, 0.5) is 5.69 Å². The number of nitriles is 1. The molecule has 1 aromatic carbocycles. The molecule has 0 unspecified atom stereocenters. The van der Waals surface area contributed by atoms with Gasteiger partial charge >= 0.3 is 0 Å². The average molecular weight is 254 g/mol. The molecule has 5 nitrogen and oxygen atoms in total. The molecule has 0 aliphatic rings. The van der Waals surface area contributed by atoms with Crippen LogP contribution < -0.4 is 11.2 Å². The van der Waals surface area contributed by atoms with Gasteiger partial charge in [-0.3, -0.25) is 10.8 Å². The van der Waals surface area contributed by atoms with Crippen molar-refractivity contribution in [3.05, 3.63) is 23.2 Å². The van der Waals surface area contributed by atoms with Crippen molar-refractivity contribution in [2.45, 2.75) is 4.90 Å². The van der Waals surface area contributed by atoms with Crippen molar-refractivity contribution in [2.75, 3.05) is 5.43 Å². The van der Waals surface area contributed by atoms with Gasteiger partial charge in [0.05, 0.1) is 5.69 Å². The van der Waals surface area contributed by atoms with Gasteiger partial charge in [-0.25, -0.2) is 0 Å². The number of nitrogens with one attached hydrogen (secondary N) is 2. The zero-order valence-corrected chi connectivity index (χ0v) is 9.68. The van der Waals surface area contributed by atoms with Crippen LogP contribution in [0, 0.1) is 16.7 Å². The first kappa shape index (κ1) is 12.4. The fourth-order valence-corrected chi connectivity index (χ4v) is 1.37. The molecule has 0 saturated heterocycles. The number of benzene rings is 1. The number of hydrogen-bond donors (Lipinski definition) is 4. The van der Waals surface area contributed by atoms with E-state index >= 15 is 0 Å². The van der Waals surface area contributed by atoms with Crippen LogP contribution in [0.2, 0.25) is 5.02 Å². The second kappa shape index (κ2) is 5.39. The molecule has 0 saturated carbocycles. The van der Waals surface area contributed by atoms with Crippen LogP contribution in [0.25, 0.3) is 0 Å². The predicted molar refractivity (Wildman–Crippen MR) is 67.3 cm³/mol. The van der Waals surface area contributed by atoms with Gasteiger partial charge in [-0.05, 0) is 18.2 Å². The van der Waals surface area contributed by atoms with Gasteiger partial charge < -0.3 is 5.73 Å². The summed E-state index contributed by atoms with van der Waals surface area (Å²) in [5, 5.41) is 19.9. The van der Waals surface area contributed by atoms with E-state index in [1.807, 2.05) is 0 Å². The highest BCUT2D eigenvalue weighted by atomic mass is 35.5. The fourth-order valence-electron chi connectivity index (χ4n) is 0.861. The molecule has 1 rings (SSSR count). The lowest BCUT2D eigenvalue weighted by Gasteiger charge is -2.04. The van der Waals surface area contributed by atoms with Gasteiger partial charge in [-0.1, -0.05) is 11.6 Å². The number of hydrazone groups is 1. The zero-order chi connectivity index (χ0) is 12.1. The van der Waals surface area contributed by atoms with E-state index in [-0.39, 0.29) is 5.71 Å². The van der Waals surface area contributed by atoms with Gasteiger partial charge in [-0.15, -0.1) is 12.6 Å². The Balaban J connectivity index is 2.90. The number of nitrogens with zero attached hydrogens (tertiary/aromatic N) is 2. The number of amidine groups is 1. The molecule has 0 aliphatic heterocycles. The SMILES string of the molecule is N#C/C(=N\Nc1ccc(Cl)cc1S)C(=N)N. The van der Waals surface area contributed by atoms with Crippen molar-refractivity contribution < 1.29 is 0 Å². The van der Waals surface area contributed by atoms with Gasteiger partial charge in [-0.2, -0.15) is 10.4 Å². The second-order valence-electron chi connectivity index (χ2n) is 2.76. The minimum Gasteiger partial charge on any atom is -0.382 e. The number of hydrogen-bond acceptors (Lipinski definition) is 5. The van der Waals surface area contributed by atoms with Crippen LogP contribution in [-0.4, -0.2) is 11.5 Å². The summed E-state index contributed by atoms with van der Waals surface area (Å²) in [6.45, 7) is 0. The minimum atomic E-state index is -0.398. The monoisotopic (exact) mass is 253 g/mol. The zero-order valence-electron chi connectivity index (χ0n) is 8.03. The summed E-state index contributed by atoms with van der Waals surface area (Å²) in [5.74, 6) is -0.398. The molecule has 0 bridgehead atoms. The minimum absolute atomic E-state index is 0.192. The molecule has 1 aromatic rings. The number of anilines is 1. The topological polar surface area (TPSA) is 98.0 Å². The highest BCUT2D eigenvalue weighted by Crippen LogP contribution is 2.23. The lowest BCUT2D eigenvalue weighted by Crippen LogP contribution is -2.21. The van der Waals surface area contributed by atoms with Gasteiger partial charge in [0.1, 0.15) is 6.07 Å². The molecule has 0 aliphatic carbocycles. The molecule has 82 valence electrons. The maximum Gasteiger partial charge on any atom is 0.201 e. The van der Waals surface area contributed by atoms with E-state index in [9.17, 15) is 0 Å². The summed E-state index contributed by atoms with van der Waals surface area (Å²) >= 11 is 9.91. The van der Waals surface area contributed by atoms with Crippen molar-refractivity contribution in [3.63, 3.8) is 0 Å². The van der Waals surface area contributed by atoms with Crippen LogP contribution >= 0.6 is 24.2 Å². The Bertz CT molecular complexity index is 491. The first-order chi connectivity index (χ1) is 7.54. The number of nitrogens with two attached hydrogens (primary N) is 1. The van der Waals surface area contributed by atoms with Gasteiger partial charge in [0, 0.05) is 9.92 Å². The Labute approximate surface area is 103 Å². The third kappa shape index (κ3) is 3.15. The van der Waals surface area contributed by atoms with E-state index in [1.54, 1.807) is 24.3 Å². The molecular formula is C9H8ClN5S. The van der Waals surface area contributed by atoms with Gasteiger partial charge in [0.15, 0.2) is 5.84 Å². The number of thiol groups is 1. The van der Waals surface area contributed by atoms with Crippen LogP contribution in [0.1, 0.15) is 0 Å². The summed E-state index contributed by atoms with van der Waals surface area (Å²) in [6, 6.07) is 6.62. The number of halogens is 1. The van der Waals surface area contributed by atoms with Crippen LogP contribution in [0.15, 0.2) is 28.2 Å². The van der Waals surface area contributed by atoms with E-state index < -0.39 is 5.84 Å². The van der Waals surface area contributed by atoms with Crippen LogP contribution in [0.3, 0.4) is 0 Å². The third-order valence-electron chi connectivity index (χ3n) is 1.61. The molecule has 0 atom stereocenters. The molecule has 0 fully saturated rings. The molecular weight excluding hydrogens is 246 g/mol. The van der Waals surface area contributed by atoms with Crippen molar-refractivity contribution in [3.8, 4) is 6.07 Å². The average Bonchev–Trinajstić information content (AvgIpc) is 2.21. The first-order valence-electron chi connectivity index (χ1n) is 4.11. The Morgan fingerprint density at radius 2 is 2.31 bits per heavy atom. The second-order valence-corrected chi connectivity index (χ2v) is 3.68. The Hall–Kier alpha value is -1.71. The molecule has 0 spiro atoms. The standard InChI is InChI=1S/C9H8ClN5S/c10-5-1-2-6(8(16)3-5)14-15-7(4-11)9(12)13/h1-3,14,16H,(H3,12,13)/b15-7+. The van der Waals surface area contributed by atoms with Crippen molar-refractivity contribution in [1.82, 2.24) is 0 Å². The lowest BCUT2D eigenvalue weighted by atomic mass is 10.3. The van der Waals surface area contributed by atoms with E-state index in [0.29, 0.717) is 15.6 Å². The molecule has 16 heavy (non-hydrogen) atoms. The van der Waals surface area contributed by atoms with E-state index in [2.05, 4.69) is 23.2 Å². The van der Waals surface area contributed by atoms with Crippen molar-refractivity contribution in [1.29, 1.82) is 10.7 Å². The summed E-state index contributed by atoms with van der Waals surface area (Å²) < 4.78 is 0. The van der Waals surface area contributed by atoms with E-state index in [0.717, 1.165) is 0 Å². The summed E-state index contributed by atoms with van der Waals surface area (Å²) in [4.78, 5) is 0.581. The Morgan fingerprint density at radius 1 is 1.62 bits per heavy atom. The normalized spacial score (nSPS) is 10.7. The number of rotatable bonds is 3. The third-order valence-corrected chi connectivity index (χ3v) is 2.21. The lowest BCUT2D eigenvalue weighted by molar-refractivity contribution is 1.29. The largest absolute Gasteiger partial charge is 0.382 e. The summed E-state index contributed by atoms with van der Waals surface area (Å²) in [7, 11) is 0. The molecule has 0 amide bonds. The fraction of sp³-hybridized carbons (Fsp3) is 0. The molecule has 4 N–H and O–H groups in total. The smallest absolute Gasteiger partial charge is 0.201 e. The molecule has 7 heteroatoms. The summed E-state index contributed by atoms with van der Waals surface area (Å²) in [6.07, 6.45) is 0. The summed E-state index contributed by atoms with van der Waals surface area (Å²) in [5.41, 5.74) is 8.08. The maximum atomic E-state index is 8.61. The Morgan fingerprint density at radius 3 is 2.81 bits per heavy atom. The van der Waals surface area contributed by atoms with Crippen molar-refractivity contribution >= 4 is 41.5 Å². The quantitative estimate of drug-likeness (QED) is 0.286. The molecule has 0 radical (unpaired) electrons. The van der Waals surface area contributed by atoms with Crippen molar-refractivity contribution in [2.24, 2.45) is 10.8 Å². The first-order valence-corrected chi connectivity index (χ1v) is 4.94. The highest BCUT2D eigenvalue weighted by Gasteiger charge is 2.02. The van der Waals surface area contributed by atoms with Crippen LogP contribution in [0.5, 0.6) is 0 Å². The molecule has 0 heterocycles. The maximum absolute atomic E-state index is 8.61. The predicted octanol–water partition coefficient (Wildman–Crippen LogP) is 1.86. The Kier molecular flexibility index (Phi) is 4.17. The van der Waals surface area contributed by atoms with E-state index in [4.69, 9.17) is 28.0 Å². The highest BCUT2D eigenvalue weighted by molar-refractivity contribution is 7.80. The van der Waals surface area contributed by atoms with E-state index in [1.165, 1.54) is 0 Å². The van der Waals surface area contributed by atoms with Gasteiger partial charge in [0.2, 0.25) is 5.71 Å². The van der Waals surface area contributed by atoms with Crippen LogP contribution in [-0.2, 0) is 0 Å². The molecule has 0 aromatic heterocycles.